The molecule has 21 heavy (non-hydrogen) atoms. The van der Waals surface area contributed by atoms with E-state index in [2.05, 4.69) is 5.32 Å². The molecular formula is C16H28N2O3. The highest BCUT2D eigenvalue weighted by atomic mass is 16.5. The highest BCUT2D eigenvalue weighted by Gasteiger charge is 2.48. The van der Waals surface area contributed by atoms with Crippen molar-refractivity contribution < 1.29 is 14.3 Å². The smallest absolute Gasteiger partial charge is 0.246 e. The molecule has 1 aliphatic heterocycles. The molecule has 1 aliphatic carbocycles. The molecule has 0 radical (unpaired) electrons. The van der Waals surface area contributed by atoms with Gasteiger partial charge in [-0.05, 0) is 31.1 Å². The lowest BCUT2D eigenvalue weighted by Gasteiger charge is -2.46. The van der Waals surface area contributed by atoms with Gasteiger partial charge in [0, 0.05) is 7.11 Å². The normalized spacial score (nSPS) is 34.0. The lowest BCUT2D eigenvalue weighted by atomic mass is 9.90. The number of rotatable bonds is 4. The third kappa shape index (κ3) is 2.93. The van der Waals surface area contributed by atoms with Gasteiger partial charge in [-0.15, -0.1) is 0 Å². The van der Waals surface area contributed by atoms with Crippen molar-refractivity contribution in [2.45, 2.75) is 71.2 Å². The summed E-state index contributed by atoms with van der Waals surface area (Å²) in [6, 6.07) is -0.763. The number of nitrogens with one attached hydrogen (secondary N) is 1. The van der Waals surface area contributed by atoms with E-state index in [9.17, 15) is 9.59 Å². The Labute approximate surface area is 127 Å². The van der Waals surface area contributed by atoms with E-state index in [0.717, 1.165) is 19.3 Å². The minimum atomic E-state index is -0.411. The van der Waals surface area contributed by atoms with Crippen molar-refractivity contribution in [3.05, 3.63) is 0 Å². The fourth-order valence-corrected chi connectivity index (χ4v) is 3.67. The topological polar surface area (TPSA) is 58.6 Å². The molecule has 5 nitrogen and oxygen atoms in total. The zero-order valence-electron chi connectivity index (χ0n) is 13.8. The van der Waals surface area contributed by atoms with Gasteiger partial charge in [0.25, 0.3) is 0 Å². The van der Waals surface area contributed by atoms with Crippen LogP contribution >= 0.6 is 0 Å². The molecule has 0 bridgehead atoms. The maximum atomic E-state index is 12.9. The van der Waals surface area contributed by atoms with Crippen molar-refractivity contribution in [2.75, 3.05) is 7.11 Å². The molecule has 1 N–H and O–H groups in total. The largest absolute Gasteiger partial charge is 0.379 e. The Morgan fingerprint density at radius 1 is 1.14 bits per heavy atom. The molecule has 1 saturated carbocycles. The molecule has 0 aromatic carbocycles. The minimum Gasteiger partial charge on any atom is -0.379 e. The Bertz CT molecular complexity index is 408. The van der Waals surface area contributed by atoms with E-state index >= 15 is 0 Å². The van der Waals surface area contributed by atoms with Gasteiger partial charge < -0.3 is 15.0 Å². The van der Waals surface area contributed by atoms with Gasteiger partial charge in [0.15, 0.2) is 0 Å². The predicted molar refractivity (Wildman–Crippen MR) is 80.7 cm³/mol. The van der Waals surface area contributed by atoms with E-state index in [1.807, 2.05) is 32.6 Å². The Balaban J connectivity index is 2.34. The zero-order valence-corrected chi connectivity index (χ0v) is 13.8. The third-order valence-corrected chi connectivity index (χ3v) is 4.76. The van der Waals surface area contributed by atoms with Crippen molar-refractivity contribution in [3.8, 4) is 0 Å². The average Bonchev–Trinajstić information content (AvgIpc) is 2.87. The molecule has 120 valence electrons. The fourth-order valence-electron chi connectivity index (χ4n) is 3.67. The monoisotopic (exact) mass is 296 g/mol. The molecule has 2 aliphatic rings. The van der Waals surface area contributed by atoms with E-state index < -0.39 is 6.04 Å². The number of carbonyl (C=O) groups is 2. The average molecular weight is 296 g/mol. The van der Waals surface area contributed by atoms with Gasteiger partial charge in [0.1, 0.15) is 12.1 Å². The first-order chi connectivity index (χ1) is 9.88. The van der Waals surface area contributed by atoms with Gasteiger partial charge in [0.05, 0.1) is 12.1 Å². The highest BCUT2D eigenvalue weighted by Crippen LogP contribution is 2.32. The number of hydrogen-bond donors (Lipinski definition) is 1. The summed E-state index contributed by atoms with van der Waals surface area (Å²) in [6.07, 6.45) is 2.98. The van der Waals surface area contributed by atoms with Crippen molar-refractivity contribution in [2.24, 2.45) is 11.8 Å². The first-order valence-electron chi connectivity index (χ1n) is 8.03. The van der Waals surface area contributed by atoms with Crippen LogP contribution in [0.4, 0.5) is 0 Å². The second-order valence-electron chi connectivity index (χ2n) is 6.94. The van der Waals surface area contributed by atoms with Crippen molar-refractivity contribution in [1.29, 1.82) is 0 Å². The van der Waals surface area contributed by atoms with Crippen LogP contribution in [0.25, 0.3) is 0 Å². The first-order valence-corrected chi connectivity index (χ1v) is 8.03. The summed E-state index contributed by atoms with van der Waals surface area (Å²) >= 11 is 0. The molecule has 1 saturated heterocycles. The summed E-state index contributed by atoms with van der Waals surface area (Å²) in [4.78, 5) is 27.3. The van der Waals surface area contributed by atoms with Crippen LogP contribution in [0.1, 0.15) is 47.0 Å². The molecule has 4 unspecified atom stereocenters. The maximum absolute atomic E-state index is 12.9. The Kier molecular flexibility index (Phi) is 4.91. The molecule has 1 heterocycles. The Morgan fingerprint density at radius 3 is 2.33 bits per heavy atom. The van der Waals surface area contributed by atoms with Crippen LogP contribution in [-0.4, -0.2) is 48.1 Å². The molecular weight excluding hydrogens is 268 g/mol. The number of carbonyl (C=O) groups excluding carboxylic acids is 2. The molecule has 2 rings (SSSR count). The second kappa shape index (κ2) is 6.34. The second-order valence-corrected chi connectivity index (χ2v) is 6.94. The summed E-state index contributed by atoms with van der Waals surface area (Å²) in [5.41, 5.74) is 0. The van der Waals surface area contributed by atoms with E-state index in [0.29, 0.717) is 0 Å². The predicted octanol–water partition coefficient (Wildman–Crippen LogP) is 1.56. The van der Waals surface area contributed by atoms with Crippen molar-refractivity contribution >= 4 is 11.8 Å². The zero-order chi connectivity index (χ0) is 15.7. The first kappa shape index (κ1) is 16.3. The minimum absolute atomic E-state index is 0.0231. The van der Waals surface area contributed by atoms with Gasteiger partial charge in [-0.25, -0.2) is 0 Å². The lowest BCUT2D eigenvalue weighted by Crippen LogP contribution is -2.69. The SMILES string of the molecule is COC1CCCC1N1C(=O)C(C(C)C)NC(=O)C1C(C)C. The molecule has 2 amide bonds. The molecule has 0 spiro atoms. The molecule has 2 fully saturated rings. The van der Waals surface area contributed by atoms with Gasteiger partial charge >= 0.3 is 0 Å². The number of ether oxygens (including phenoxy) is 1. The van der Waals surface area contributed by atoms with Crippen molar-refractivity contribution in [1.82, 2.24) is 10.2 Å². The van der Waals surface area contributed by atoms with Crippen LogP contribution in [0.2, 0.25) is 0 Å². The van der Waals surface area contributed by atoms with Crippen LogP contribution in [0.5, 0.6) is 0 Å². The van der Waals surface area contributed by atoms with Gasteiger partial charge in [0.2, 0.25) is 11.8 Å². The molecule has 0 aromatic heterocycles. The van der Waals surface area contributed by atoms with Crippen LogP contribution in [0.3, 0.4) is 0 Å². The van der Waals surface area contributed by atoms with E-state index in [4.69, 9.17) is 4.74 Å². The van der Waals surface area contributed by atoms with Crippen molar-refractivity contribution in [3.63, 3.8) is 0 Å². The van der Waals surface area contributed by atoms with Crippen LogP contribution in [0, 0.1) is 11.8 Å². The molecule has 5 heteroatoms. The Hall–Kier alpha value is -1.10. The number of piperazine rings is 1. The quantitative estimate of drug-likeness (QED) is 0.856. The summed E-state index contributed by atoms with van der Waals surface area (Å²) in [6.45, 7) is 7.94. The summed E-state index contributed by atoms with van der Waals surface area (Å²) in [5, 5.41) is 2.91. The van der Waals surface area contributed by atoms with E-state index in [1.165, 1.54) is 0 Å². The number of amides is 2. The van der Waals surface area contributed by atoms with Crippen LogP contribution in [-0.2, 0) is 14.3 Å². The van der Waals surface area contributed by atoms with Gasteiger partial charge in [-0.1, -0.05) is 27.7 Å². The number of methoxy groups -OCH3 is 1. The summed E-state index contributed by atoms with van der Waals surface area (Å²) < 4.78 is 5.56. The van der Waals surface area contributed by atoms with Crippen LogP contribution < -0.4 is 5.32 Å². The third-order valence-electron chi connectivity index (χ3n) is 4.76. The molecule has 4 atom stereocenters. The summed E-state index contributed by atoms with van der Waals surface area (Å²) in [5.74, 6) is 0.224. The highest BCUT2D eigenvalue weighted by molar-refractivity contribution is 5.97. The molecule has 0 aromatic rings. The summed E-state index contributed by atoms with van der Waals surface area (Å²) in [7, 11) is 1.70. The number of nitrogens with zero attached hydrogens (tertiary/aromatic N) is 1. The van der Waals surface area contributed by atoms with Gasteiger partial charge in [-0.2, -0.15) is 0 Å². The fraction of sp³-hybridized carbons (Fsp3) is 0.875. The van der Waals surface area contributed by atoms with Crippen LogP contribution in [0.15, 0.2) is 0 Å². The standard InChI is InChI=1S/C16H28N2O3/c1-9(2)13-16(20)18(11-7-6-8-12(11)21-5)14(10(3)4)15(19)17-13/h9-14H,6-8H2,1-5H3,(H,17,19). The Morgan fingerprint density at radius 2 is 1.81 bits per heavy atom. The number of hydrogen-bond acceptors (Lipinski definition) is 3. The van der Waals surface area contributed by atoms with Gasteiger partial charge in [-0.3, -0.25) is 9.59 Å². The van der Waals surface area contributed by atoms with E-state index in [-0.39, 0.29) is 41.8 Å². The van der Waals surface area contributed by atoms with E-state index in [1.54, 1.807) is 7.11 Å². The maximum Gasteiger partial charge on any atom is 0.246 e. The lowest BCUT2D eigenvalue weighted by molar-refractivity contribution is -0.158.